The Morgan fingerprint density at radius 1 is 0.279 bits per heavy atom. The zero-order valence-corrected chi connectivity index (χ0v) is 32.0. The first-order valence-electron chi connectivity index (χ1n) is 19.7. The van der Waals surface area contributed by atoms with Gasteiger partial charge in [-0.2, -0.15) is 0 Å². The number of alkyl halides is 1. The smallest absolute Gasteiger partial charge is 0.324 e. The Morgan fingerprint density at radius 2 is 0.419 bits per heavy atom. The molecule has 5 heteroatoms. The second kappa shape index (κ2) is 37.3. The predicted molar refractivity (Wildman–Crippen MR) is 202 cm³/mol. The summed E-state index contributed by atoms with van der Waals surface area (Å²) in [4.78, 5) is 17.7. The Hall–Kier alpha value is 0.880. The molecule has 0 aromatic heterocycles. The summed E-state index contributed by atoms with van der Waals surface area (Å²) in [6.07, 6.45) is 50.3. The average molecular weight is 741 g/mol. The van der Waals surface area contributed by atoms with Crippen molar-refractivity contribution in [2.45, 2.75) is 231 Å². The van der Waals surface area contributed by atoms with Crippen molar-refractivity contribution in [3.05, 3.63) is 0 Å². The molecule has 3 nitrogen and oxygen atoms in total. The van der Waals surface area contributed by atoms with E-state index in [1.54, 1.807) is 0 Å². The highest BCUT2D eigenvalue weighted by Crippen LogP contribution is 2.35. The monoisotopic (exact) mass is 740 g/mol. The molecule has 0 aliphatic carbocycles. The molecule has 0 aliphatic heterocycles. The van der Waals surface area contributed by atoms with E-state index in [9.17, 15) is 4.57 Å². The van der Waals surface area contributed by atoms with Crippen LogP contribution in [0.15, 0.2) is 0 Å². The lowest BCUT2D eigenvalue weighted by Gasteiger charge is -2.05. The van der Waals surface area contributed by atoms with Crippen molar-refractivity contribution in [3.8, 4) is 0 Å². The molecule has 2 N–H and O–H groups in total. The van der Waals surface area contributed by atoms with Crippen LogP contribution in [0.25, 0.3) is 0 Å². The van der Waals surface area contributed by atoms with Crippen molar-refractivity contribution < 1.29 is 14.4 Å². The summed E-state index contributed by atoms with van der Waals surface area (Å²) in [5, 5.41) is 0. The number of unbranched alkanes of at least 4 members (excludes halogenated alkanes) is 35. The Kier molecular flexibility index (Phi) is 38.1. The highest BCUT2D eigenvalue weighted by Gasteiger charge is 2.10. The van der Waals surface area contributed by atoms with E-state index in [1.165, 1.54) is 216 Å². The zero-order valence-electron chi connectivity index (χ0n) is 29.0. The first kappa shape index (κ1) is 43.9. The highest BCUT2D eigenvalue weighted by atomic mass is 127. The van der Waals surface area contributed by atoms with Gasteiger partial charge >= 0.3 is 7.60 Å². The normalized spacial score (nSPS) is 12.0. The van der Waals surface area contributed by atoms with Crippen molar-refractivity contribution in [2.75, 3.05) is 10.6 Å². The molecule has 43 heavy (non-hydrogen) atoms. The first-order chi connectivity index (χ1) is 21.1. The largest absolute Gasteiger partial charge is 0.325 e. The Bertz CT molecular complexity index is 553. The molecule has 0 fully saturated rings. The quantitative estimate of drug-likeness (QED) is 0.0287. The number of hydrogen-bond donors (Lipinski definition) is 2. The van der Waals surface area contributed by atoms with Crippen molar-refractivity contribution >= 4 is 30.2 Å². The van der Waals surface area contributed by atoms with E-state index in [-0.39, 0.29) is 6.16 Å². The Balaban J connectivity index is 3.05. The fourth-order valence-electron chi connectivity index (χ4n) is 6.42. The molecule has 0 radical (unpaired) electrons. The number of halogens is 1. The van der Waals surface area contributed by atoms with E-state index in [2.05, 4.69) is 22.6 Å². The number of hydrogen-bond acceptors (Lipinski definition) is 1. The van der Waals surface area contributed by atoms with Crippen LogP contribution in [0.4, 0.5) is 0 Å². The maximum Gasteiger partial charge on any atom is 0.325 e. The van der Waals surface area contributed by atoms with Gasteiger partial charge in [0.25, 0.3) is 0 Å². The Morgan fingerprint density at radius 3 is 0.558 bits per heavy atom. The number of rotatable bonds is 38. The standard InChI is InChI=1S/C38H78IO3P/c39-37-35-33-31-29-27-25-23-21-19-17-15-13-11-9-7-5-3-1-2-4-6-8-10-12-14-16-18-20-22-24-26-28-30-32-34-36-38-43(40,41)42/h1-38H2,(H2,40,41,42). The molecule has 0 aliphatic rings. The van der Waals surface area contributed by atoms with E-state index < -0.39 is 7.60 Å². The van der Waals surface area contributed by atoms with Crippen LogP contribution in [0.3, 0.4) is 0 Å². The van der Waals surface area contributed by atoms with Gasteiger partial charge in [-0.05, 0) is 17.3 Å². The molecular formula is C38H78IO3P. The molecule has 0 atom stereocenters. The minimum atomic E-state index is -3.77. The molecule has 0 aromatic rings. The topological polar surface area (TPSA) is 57.5 Å². The van der Waals surface area contributed by atoms with Crippen LogP contribution in [-0.2, 0) is 4.57 Å². The van der Waals surface area contributed by atoms with Crippen LogP contribution < -0.4 is 0 Å². The minimum Gasteiger partial charge on any atom is -0.324 e. The molecule has 0 saturated carbocycles. The van der Waals surface area contributed by atoms with Gasteiger partial charge in [0.1, 0.15) is 0 Å². The van der Waals surface area contributed by atoms with Crippen molar-refractivity contribution in [3.63, 3.8) is 0 Å². The molecule has 0 rings (SSSR count). The lowest BCUT2D eigenvalue weighted by atomic mass is 10.0. The van der Waals surface area contributed by atoms with Gasteiger partial charge in [0.05, 0.1) is 0 Å². The van der Waals surface area contributed by atoms with Crippen LogP contribution in [0.5, 0.6) is 0 Å². The van der Waals surface area contributed by atoms with Gasteiger partial charge in [-0.15, -0.1) is 0 Å². The minimum absolute atomic E-state index is 0.0621. The molecule has 0 heterocycles. The van der Waals surface area contributed by atoms with E-state index in [0.29, 0.717) is 6.42 Å². The molecule has 0 unspecified atom stereocenters. The van der Waals surface area contributed by atoms with Crippen LogP contribution in [-0.4, -0.2) is 20.4 Å². The van der Waals surface area contributed by atoms with E-state index in [1.807, 2.05) is 0 Å². The van der Waals surface area contributed by atoms with E-state index in [4.69, 9.17) is 9.79 Å². The zero-order chi connectivity index (χ0) is 31.4. The van der Waals surface area contributed by atoms with Crippen LogP contribution in [0, 0.1) is 0 Å². The maximum absolute atomic E-state index is 10.8. The summed E-state index contributed by atoms with van der Waals surface area (Å²) in [7, 11) is -3.77. The molecular weight excluding hydrogens is 662 g/mol. The average Bonchev–Trinajstić information content (AvgIpc) is 2.98. The molecule has 0 bridgehead atoms. The summed E-state index contributed by atoms with van der Waals surface area (Å²) >= 11 is 2.50. The molecule has 0 saturated heterocycles. The van der Waals surface area contributed by atoms with Crippen LogP contribution >= 0.6 is 30.2 Å². The molecule has 0 spiro atoms. The van der Waals surface area contributed by atoms with Gasteiger partial charge in [0, 0.05) is 6.16 Å². The van der Waals surface area contributed by atoms with Crippen LogP contribution in [0.2, 0.25) is 0 Å². The second-order valence-corrected chi connectivity index (χ2v) is 16.7. The lowest BCUT2D eigenvalue weighted by molar-refractivity contribution is 0.370. The van der Waals surface area contributed by atoms with Gasteiger partial charge in [0.2, 0.25) is 0 Å². The van der Waals surface area contributed by atoms with Gasteiger partial charge < -0.3 is 9.79 Å². The van der Waals surface area contributed by atoms with E-state index >= 15 is 0 Å². The second-order valence-electron chi connectivity index (χ2n) is 13.8. The first-order valence-corrected chi connectivity index (χ1v) is 23.0. The van der Waals surface area contributed by atoms with Gasteiger partial charge in [-0.25, -0.2) is 0 Å². The van der Waals surface area contributed by atoms with Gasteiger partial charge in [0.15, 0.2) is 0 Å². The fourth-order valence-corrected chi connectivity index (χ4v) is 7.60. The van der Waals surface area contributed by atoms with E-state index in [0.717, 1.165) is 12.8 Å². The third-order valence-corrected chi connectivity index (χ3v) is 11.0. The van der Waals surface area contributed by atoms with Crippen molar-refractivity contribution in [1.82, 2.24) is 0 Å². The third-order valence-electron chi connectivity index (χ3n) is 9.33. The Labute approximate surface area is 285 Å². The van der Waals surface area contributed by atoms with Gasteiger partial charge in [-0.3, -0.25) is 4.57 Å². The predicted octanol–water partition coefficient (Wildman–Crippen LogP) is 14.6. The summed E-state index contributed by atoms with van der Waals surface area (Å²) in [6.45, 7) is 0. The summed E-state index contributed by atoms with van der Waals surface area (Å²) in [5.41, 5.74) is 0. The SMILES string of the molecule is O=P(O)(O)CCCCCCCCCCCCCCCCCCCCCCCCCCCCCCCCCCCCCCI. The third kappa shape index (κ3) is 42.9. The molecule has 0 amide bonds. The van der Waals surface area contributed by atoms with Crippen LogP contribution in [0.1, 0.15) is 231 Å². The van der Waals surface area contributed by atoms with Crippen molar-refractivity contribution in [2.24, 2.45) is 0 Å². The summed E-state index contributed by atoms with van der Waals surface area (Å²) in [5.74, 6) is 0. The fraction of sp³-hybridized carbons (Fsp3) is 1.00. The van der Waals surface area contributed by atoms with Crippen molar-refractivity contribution in [1.29, 1.82) is 0 Å². The lowest BCUT2D eigenvalue weighted by Crippen LogP contribution is -1.88. The summed E-state index contributed by atoms with van der Waals surface area (Å²) < 4.78 is 12.1. The van der Waals surface area contributed by atoms with Gasteiger partial charge in [-0.1, -0.05) is 241 Å². The molecule has 0 aromatic carbocycles. The maximum atomic E-state index is 10.8. The summed E-state index contributed by atoms with van der Waals surface area (Å²) in [6, 6.07) is 0. The highest BCUT2D eigenvalue weighted by molar-refractivity contribution is 14.1. The molecule has 260 valence electrons.